The molecule has 0 N–H and O–H groups in total. The van der Waals surface area contributed by atoms with Gasteiger partial charge < -0.3 is 9.42 Å². The van der Waals surface area contributed by atoms with E-state index in [4.69, 9.17) is 4.52 Å². The van der Waals surface area contributed by atoms with E-state index >= 15 is 0 Å². The van der Waals surface area contributed by atoms with Crippen LogP contribution in [0.3, 0.4) is 0 Å². The van der Waals surface area contributed by atoms with Gasteiger partial charge in [-0.3, -0.25) is 4.79 Å². The summed E-state index contributed by atoms with van der Waals surface area (Å²) in [5.41, 5.74) is 0.939. The van der Waals surface area contributed by atoms with Gasteiger partial charge in [-0.1, -0.05) is 44.0 Å². The molecule has 2 heterocycles. The lowest BCUT2D eigenvalue weighted by Crippen LogP contribution is -2.35. The molecule has 1 fully saturated rings. The van der Waals surface area contributed by atoms with Crippen molar-refractivity contribution in [2.24, 2.45) is 0 Å². The van der Waals surface area contributed by atoms with Crippen LogP contribution in [0.4, 0.5) is 0 Å². The predicted molar refractivity (Wildman–Crippen MR) is 117 cm³/mol. The largest absolute Gasteiger partial charge is 0.340 e. The van der Waals surface area contributed by atoms with Crippen LogP contribution in [0.1, 0.15) is 69.3 Å². The first-order valence-corrected chi connectivity index (χ1v) is 12.5. The molecule has 0 spiro atoms. The second kappa shape index (κ2) is 10.4. The van der Waals surface area contributed by atoms with Gasteiger partial charge in [0.15, 0.2) is 5.82 Å². The Kier molecular flexibility index (Phi) is 7.83. The summed E-state index contributed by atoms with van der Waals surface area (Å²) in [4.78, 5) is 19.6. The molecule has 1 aliphatic heterocycles. The van der Waals surface area contributed by atoms with Gasteiger partial charge >= 0.3 is 0 Å². The molecule has 1 aliphatic rings. The molecule has 1 saturated heterocycles. The fourth-order valence-electron chi connectivity index (χ4n) is 4.06. The quantitative estimate of drug-likeness (QED) is 0.613. The van der Waals surface area contributed by atoms with Gasteiger partial charge in [0.1, 0.15) is 0 Å². The molecule has 9 heteroatoms. The summed E-state index contributed by atoms with van der Waals surface area (Å²) in [7, 11) is -3.47. The molecule has 1 atom stereocenters. The lowest BCUT2D eigenvalue weighted by atomic mass is 10.1. The van der Waals surface area contributed by atoms with Gasteiger partial charge in [0.25, 0.3) is 0 Å². The van der Waals surface area contributed by atoms with Crippen LogP contribution in [0, 0.1) is 6.92 Å². The maximum atomic E-state index is 13.0. The Morgan fingerprint density at radius 3 is 2.48 bits per heavy atom. The average molecular weight is 449 g/mol. The number of aromatic nitrogens is 2. The molecule has 1 amide bonds. The molecule has 8 nitrogen and oxygen atoms in total. The SMILES string of the molecule is CCN(CC)S(=O)(=O)c1ccc(CCC(=O)N2CCCCC[C@H]2c2noc(C)n2)cc1. The summed E-state index contributed by atoms with van der Waals surface area (Å²) in [5, 5.41) is 4.05. The fraction of sp³-hybridized carbons (Fsp3) is 0.591. The van der Waals surface area contributed by atoms with Crippen molar-refractivity contribution in [2.75, 3.05) is 19.6 Å². The van der Waals surface area contributed by atoms with Crippen molar-refractivity contribution in [1.82, 2.24) is 19.3 Å². The van der Waals surface area contributed by atoms with E-state index in [2.05, 4.69) is 10.1 Å². The predicted octanol–water partition coefficient (Wildman–Crippen LogP) is 3.49. The van der Waals surface area contributed by atoms with Crippen LogP contribution in [0.5, 0.6) is 0 Å². The highest BCUT2D eigenvalue weighted by molar-refractivity contribution is 7.89. The van der Waals surface area contributed by atoms with Gasteiger partial charge in [-0.2, -0.15) is 9.29 Å². The summed E-state index contributed by atoms with van der Waals surface area (Å²) in [5.74, 6) is 1.15. The molecule has 170 valence electrons. The number of hydrogen-bond acceptors (Lipinski definition) is 6. The van der Waals surface area contributed by atoms with Crippen LogP contribution in [-0.4, -0.2) is 53.3 Å². The number of benzene rings is 1. The molecule has 1 aromatic heterocycles. The molecule has 3 rings (SSSR count). The van der Waals surface area contributed by atoms with E-state index in [1.54, 1.807) is 31.2 Å². The fourth-order valence-corrected chi connectivity index (χ4v) is 5.52. The molecule has 0 bridgehead atoms. The molecule has 0 unspecified atom stereocenters. The van der Waals surface area contributed by atoms with E-state index in [0.717, 1.165) is 31.2 Å². The molecule has 2 aromatic rings. The third-order valence-electron chi connectivity index (χ3n) is 5.81. The lowest BCUT2D eigenvalue weighted by Gasteiger charge is -2.28. The first kappa shape index (κ1) is 23.4. The van der Waals surface area contributed by atoms with E-state index in [1.165, 1.54) is 4.31 Å². The Labute approximate surface area is 184 Å². The summed E-state index contributed by atoms with van der Waals surface area (Å²) in [6.07, 6.45) is 4.83. The van der Waals surface area contributed by atoms with Crippen molar-refractivity contribution in [3.63, 3.8) is 0 Å². The maximum Gasteiger partial charge on any atom is 0.243 e. The second-order valence-electron chi connectivity index (χ2n) is 7.86. The summed E-state index contributed by atoms with van der Waals surface area (Å²) in [6.45, 7) is 6.97. The number of rotatable bonds is 8. The van der Waals surface area contributed by atoms with Crippen molar-refractivity contribution in [3.05, 3.63) is 41.5 Å². The number of carbonyl (C=O) groups is 1. The Hall–Kier alpha value is -2.26. The Morgan fingerprint density at radius 1 is 1.16 bits per heavy atom. The van der Waals surface area contributed by atoms with Gasteiger partial charge in [0.2, 0.25) is 21.8 Å². The lowest BCUT2D eigenvalue weighted by molar-refractivity contribution is -0.133. The van der Waals surface area contributed by atoms with E-state index in [9.17, 15) is 13.2 Å². The molecule has 31 heavy (non-hydrogen) atoms. The van der Waals surface area contributed by atoms with Crippen molar-refractivity contribution < 1.29 is 17.7 Å². The van der Waals surface area contributed by atoms with Crippen LogP contribution < -0.4 is 0 Å². The molecular formula is C22H32N4O4S. The standard InChI is InChI=1S/C22H32N4O4S/c1-4-25(5-2)31(28,29)19-13-10-18(11-14-19)12-15-21(27)26-16-8-6-7-9-20(26)22-23-17(3)30-24-22/h10-11,13-14,20H,4-9,12,15-16H2,1-3H3/t20-/m0/s1. The van der Waals surface area contributed by atoms with Crippen molar-refractivity contribution >= 4 is 15.9 Å². The summed E-state index contributed by atoms with van der Waals surface area (Å²) in [6, 6.07) is 6.71. The Morgan fingerprint density at radius 2 is 1.87 bits per heavy atom. The summed E-state index contributed by atoms with van der Waals surface area (Å²) >= 11 is 0. The first-order chi connectivity index (χ1) is 14.9. The van der Waals surface area contributed by atoms with Crippen molar-refractivity contribution in [3.8, 4) is 0 Å². The Balaban J connectivity index is 1.66. The normalized spacial score (nSPS) is 17.7. The number of carbonyl (C=O) groups excluding carboxylic acids is 1. The minimum absolute atomic E-state index is 0.0641. The van der Waals surface area contributed by atoms with Gasteiger partial charge in [-0.15, -0.1) is 0 Å². The van der Waals surface area contributed by atoms with Gasteiger partial charge in [0, 0.05) is 33.0 Å². The minimum Gasteiger partial charge on any atom is -0.340 e. The molecular weight excluding hydrogens is 416 g/mol. The third kappa shape index (κ3) is 5.51. The van der Waals surface area contributed by atoms with Crippen LogP contribution in [0.15, 0.2) is 33.7 Å². The molecule has 0 aliphatic carbocycles. The number of nitrogens with zero attached hydrogens (tertiary/aromatic N) is 4. The summed E-state index contributed by atoms with van der Waals surface area (Å²) < 4.78 is 31.8. The first-order valence-electron chi connectivity index (χ1n) is 11.1. The highest BCUT2D eigenvalue weighted by atomic mass is 32.2. The highest BCUT2D eigenvalue weighted by Crippen LogP contribution is 2.29. The zero-order valence-electron chi connectivity index (χ0n) is 18.6. The van der Waals surface area contributed by atoms with E-state index in [0.29, 0.717) is 44.2 Å². The number of amides is 1. The van der Waals surface area contributed by atoms with Gasteiger partial charge in [-0.25, -0.2) is 8.42 Å². The van der Waals surface area contributed by atoms with Gasteiger partial charge in [0.05, 0.1) is 10.9 Å². The number of aryl methyl sites for hydroxylation is 2. The monoisotopic (exact) mass is 448 g/mol. The molecule has 0 saturated carbocycles. The second-order valence-corrected chi connectivity index (χ2v) is 9.80. The minimum atomic E-state index is -3.47. The third-order valence-corrected chi connectivity index (χ3v) is 7.87. The number of likely N-dealkylation sites (tertiary alicyclic amines) is 1. The number of sulfonamides is 1. The smallest absolute Gasteiger partial charge is 0.243 e. The van der Waals surface area contributed by atoms with E-state index in [1.807, 2.05) is 18.7 Å². The average Bonchev–Trinajstić information content (AvgIpc) is 3.04. The maximum absolute atomic E-state index is 13.0. The van der Waals surface area contributed by atoms with Crippen LogP contribution >= 0.6 is 0 Å². The van der Waals surface area contributed by atoms with Crippen molar-refractivity contribution in [2.45, 2.75) is 70.2 Å². The van der Waals surface area contributed by atoms with Crippen LogP contribution in [-0.2, 0) is 21.2 Å². The van der Waals surface area contributed by atoms with E-state index < -0.39 is 10.0 Å². The Bertz CT molecular complexity index is 968. The van der Waals surface area contributed by atoms with E-state index in [-0.39, 0.29) is 16.8 Å². The topological polar surface area (TPSA) is 96.6 Å². The zero-order chi connectivity index (χ0) is 22.4. The van der Waals surface area contributed by atoms with Crippen LogP contribution in [0.25, 0.3) is 0 Å². The molecule has 0 radical (unpaired) electrons. The number of hydrogen-bond donors (Lipinski definition) is 0. The molecule has 1 aromatic carbocycles. The highest BCUT2D eigenvalue weighted by Gasteiger charge is 2.30. The van der Waals surface area contributed by atoms with Gasteiger partial charge in [-0.05, 0) is 37.0 Å². The van der Waals surface area contributed by atoms with Crippen LogP contribution in [0.2, 0.25) is 0 Å². The van der Waals surface area contributed by atoms with Crippen molar-refractivity contribution in [1.29, 1.82) is 0 Å². The zero-order valence-corrected chi connectivity index (χ0v) is 19.4.